The van der Waals surface area contributed by atoms with Crippen molar-refractivity contribution in [2.75, 3.05) is 6.54 Å². The van der Waals surface area contributed by atoms with Gasteiger partial charge in [0, 0.05) is 0 Å². The smallest absolute Gasteiger partial charge is 0.237 e. The predicted molar refractivity (Wildman–Crippen MR) is 85.4 cm³/mol. The second-order valence-corrected chi connectivity index (χ2v) is 5.65. The van der Waals surface area contributed by atoms with Crippen LogP contribution in [-0.2, 0) is 4.79 Å². The highest BCUT2D eigenvalue weighted by atomic mass is 35.5. The van der Waals surface area contributed by atoms with E-state index in [-0.39, 0.29) is 30.4 Å². The van der Waals surface area contributed by atoms with Gasteiger partial charge in [-0.15, -0.1) is 12.4 Å². The number of carbonyl (C=O) groups is 1. The number of aryl methyl sites for hydroxylation is 2. The number of nitrogens with one attached hydrogen (secondary N) is 2. The molecule has 1 amide bonds. The minimum absolute atomic E-state index is 0. The molecule has 1 aromatic rings. The number of benzene rings is 1. The Morgan fingerprint density at radius 1 is 1.25 bits per heavy atom. The zero-order chi connectivity index (χ0) is 13.8. The fourth-order valence-corrected chi connectivity index (χ4v) is 2.73. The van der Waals surface area contributed by atoms with Crippen molar-refractivity contribution in [2.24, 2.45) is 0 Å². The van der Waals surface area contributed by atoms with Gasteiger partial charge in [0.25, 0.3) is 0 Å². The standard InChI is InChI=1S/C16H24N2O.ClH/c1-11-8-12(2)10-14(9-11)13(3)18-16(19)15-6-4-5-7-17-15;/h8-10,13,15,17H,4-7H2,1-3H3,(H,18,19);1H. The van der Waals surface area contributed by atoms with Gasteiger partial charge in [0.2, 0.25) is 5.91 Å². The molecular formula is C16H25ClN2O. The average Bonchev–Trinajstić information content (AvgIpc) is 2.38. The zero-order valence-corrected chi connectivity index (χ0v) is 13.3. The quantitative estimate of drug-likeness (QED) is 0.900. The van der Waals surface area contributed by atoms with E-state index in [2.05, 4.69) is 49.6 Å². The van der Waals surface area contributed by atoms with Crippen molar-refractivity contribution in [1.29, 1.82) is 0 Å². The molecule has 1 saturated heterocycles. The summed E-state index contributed by atoms with van der Waals surface area (Å²) < 4.78 is 0. The molecule has 0 spiro atoms. The number of carbonyl (C=O) groups excluding carboxylic acids is 1. The van der Waals surface area contributed by atoms with Crippen LogP contribution in [-0.4, -0.2) is 18.5 Å². The van der Waals surface area contributed by atoms with E-state index in [0.29, 0.717) is 0 Å². The van der Waals surface area contributed by atoms with Crippen LogP contribution in [0.1, 0.15) is 48.9 Å². The Bertz CT molecular complexity index is 436. The molecule has 1 aromatic carbocycles. The summed E-state index contributed by atoms with van der Waals surface area (Å²) in [6.07, 6.45) is 3.27. The van der Waals surface area contributed by atoms with Crippen LogP contribution in [0.4, 0.5) is 0 Å². The van der Waals surface area contributed by atoms with Crippen molar-refractivity contribution < 1.29 is 4.79 Å². The van der Waals surface area contributed by atoms with Gasteiger partial charge in [0.05, 0.1) is 12.1 Å². The minimum atomic E-state index is -0.0119. The maximum atomic E-state index is 12.2. The van der Waals surface area contributed by atoms with Crippen LogP contribution in [0.25, 0.3) is 0 Å². The monoisotopic (exact) mass is 296 g/mol. The molecule has 0 radical (unpaired) electrons. The molecule has 0 bridgehead atoms. The highest BCUT2D eigenvalue weighted by Crippen LogP contribution is 2.17. The van der Waals surface area contributed by atoms with Crippen LogP contribution < -0.4 is 10.6 Å². The maximum absolute atomic E-state index is 12.2. The van der Waals surface area contributed by atoms with Crippen molar-refractivity contribution in [3.05, 3.63) is 34.9 Å². The first kappa shape index (κ1) is 17.0. The number of halogens is 1. The van der Waals surface area contributed by atoms with Crippen LogP contribution in [0.15, 0.2) is 18.2 Å². The van der Waals surface area contributed by atoms with Gasteiger partial charge in [0.1, 0.15) is 0 Å². The highest BCUT2D eigenvalue weighted by Gasteiger charge is 2.22. The van der Waals surface area contributed by atoms with E-state index in [1.165, 1.54) is 23.1 Å². The molecule has 2 rings (SSSR count). The van der Waals surface area contributed by atoms with Gasteiger partial charge in [-0.2, -0.15) is 0 Å². The Morgan fingerprint density at radius 2 is 1.90 bits per heavy atom. The van der Waals surface area contributed by atoms with Crippen LogP contribution in [0.5, 0.6) is 0 Å². The number of rotatable bonds is 3. The summed E-state index contributed by atoms with van der Waals surface area (Å²) in [6, 6.07) is 6.50. The first-order valence-electron chi connectivity index (χ1n) is 7.18. The Kier molecular flexibility index (Phi) is 6.50. The third-order valence-corrected chi connectivity index (χ3v) is 3.73. The molecule has 2 unspecified atom stereocenters. The van der Waals surface area contributed by atoms with Crippen LogP contribution in [0, 0.1) is 13.8 Å². The van der Waals surface area contributed by atoms with Crippen LogP contribution in [0.2, 0.25) is 0 Å². The van der Waals surface area contributed by atoms with Gasteiger partial charge in [-0.3, -0.25) is 4.79 Å². The summed E-state index contributed by atoms with van der Waals surface area (Å²) in [6.45, 7) is 7.19. The van der Waals surface area contributed by atoms with Crippen molar-refractivity contribution >= 4 is 18.3 Å². The summed E-state index contributed by atoms with van der Waals surface area (Å²) in [5, 5.41) is 6.41. The SMILES string of the molecule is Cc1cc(C)cc(C(C)NC(=O)C2CCCCN2)c1.Cl. The summed E-state index contributed by atoms with van der Waals surface area (Å²) >= 11 is 0. The van der Waals surface area contributed by atoms with Crippen molar-refractivity contribution in [1.82, 2.24) is 10.6 Å². The van der Waals surface area contributed by atoms with Crippen molar-refractivity contribution in [2.45, 2.75) is 52.1 Å². The molecule has 3 nitrogen and oxygen atoms in total. The van der Waals surface area contributed by atoms with E-state index in [1.54, 1.807) is 0 Å². The lowest BCUT2D eigenvalue weighted by molar-refractivity contribution is -0.124. The minimum Gasteiger partial charge on any atom is -0.348 e. The van der Waals surface area contributed by atoms with E-state index < -0.39 is 0 Å². The van der Waals surface area contributed by atoms with E-state index >= 15 is 0 Å². The molecule has 0 saturated carbocycles. The summed E-state index contributed by atoms with van der Waals surface area (Å²) in [5.41, 5.74) is 3.67. The van der Waals surface area contributed by atoms with E-state index in [4.69, 9.17) is 0 Å². The number of hydrogen-bond acceptors (Lipinski definition) is 2. The fraction of sp³-hybridized carbons (Fsp3) is 0.562. The van der Waals surface area contributed by atoms with Gasteiger partial charge >= 0.3 is 0 Å². The normalized spacial score (nSPS) is 19.9. The molecular weight excluding hydrogens is 272 g/mol. The summed E-state index contributed by atoms with van der Waals surface area (Å²) in [5.74, 6) is 0.131. The molecule has 4 heteroatoms. The first-order chi connectivity index (χ1) is 9.06. The molecule has 1 fully saturated rings. The Morgan fingerprint density at radius 3 is 2.45 bits per heavy atom. The van der Waals surface area contributed by atoms with Gasteiger partial charge in [-0.1, -0.05) is 35.7 Å². The maximum Gasteiger partial charge on any atom is 0.237 e. The highest BCUT2D eigenvalue weighted by molar-refractivity contribution is 5.85. The number of piperidine rings is 1. The second kappa shape index (κ2) is 7.65. The predicted octanol–water partition coefficient (Wildman–Crippen LogP) is 3.04. The van der Waals surface area contributed by atoms with E-state index in [0.717, 1.165) is 19.4 Å². The van der Waals surface area contributed by atoms with E-state index in [1.807, 2.05) is 0 Å². The van der Waals surface area contributed by atoms with Gasteiger partial charge in [-0.05, 0) is 45.7 Å². The molecule has 1 aliphatic heterocycles. The summed E-state index contributed by atoms with van der Waals surface area (Å²) in [7, 11) is 0. The van der Waals surface area contributed by atoms with Gasteiger partial charge in [-0.25, -0.2) is 0 Å². The molecule has 1 heterocycles. The third-order valence-electron chi connectivity index (χ3n) is 3.73. The third kappa shape index (κ3) is 4.50. The van der Waals surface area contributed by atoms with Gasteiger partial charge in [0.15, 0.2) is 0 Å². The molecule has 0 aromatic heterocycles. The zero-order valence-electron chi connectivity index (χ0n) is 12.5. The molecule has 2 N–H and O–H groups in total. The molecule has 2 atom stereocenters. The average molecular weight is 297 g/mol. The Labute approximate surface area is 127 Å². The molecule has 20 heavy (non-hydrogen) atoms. The Hall–Kier alpha value is -1.06. The fourth-order valence-electron chi connectivity index (χ4n) is 2.73. The molecule has 0 aliphatic carbocycles. The lowest BCUT2D eigenvalue weighted by Crippen LogP contribution is -2.47. The van der Waals surface area contributed by atoms with Crippen LogP contribution in [0.3, 0.4) is 0 Å². The topological polar surface area (TPSA) is 41.1 Å². The molecule has 112 valence electrons. The summed E-state index contributed by atoms with van der Waals surface area (Å²) in [4.78, 5) is 12.2. The lowest BCUT2D eigenvalue weighted by Gasteiger charge is -2.25. The number of amides is 1. The largest absolute Gasteiger partial charge is 0.348 e. The Balaban J connectivity index is 0.00000200. The van der Waals surface area contributed by atoms with Gasteiger partial charge < -0.3 is 10.6 Å². The molecule has 1 aliphatic rings. The number of hydrogen-bond donors (Lipinski definition) is 2. The van der Waals surface area contributed by atoms with Crippen LogP contribution >= 0.6 is 12.4 Å². The lowest BCUT2D eigenvalue weighted by atomic mass is 10.0. The first-order valence-corrected chi connectivity index (χ1v) is 7.18. The second-order valence-electron chi connectivity index (χ2n) is 5.65. The van der Waals surface area contributed by atoms with Crippen molar-refractivity contribution in [3.63, 3.8) is 0 Å². The van der Waals surface area contributed by atoms with E-state index in [9.17, 15) is 4.79 Å². The van der Waals surface area contributed by atoms with Crippen molar-refractivity contribution in [3.8, 4) is 0 Å².